The number of hydrogen-bond donors (Lipinski definition) is 1. The van der Waals surface area contributed by atoms with Gasteiger partial charge in [-0.25, -0.2) is 0 Å². The SMILES string of the molecule is O[C@]12C=C(OC(F)(F)F)[C@@H]3CCN(CCCC/C=C\CC1)C[C@@]31C[C@@H]3/C=C\CCCCN3[C@H]12. The van der Waals surface area contributed by atoms with E-state index in [1.807, 2.05) is 0 Å². The van der Waals surface area contributed by atoms with E-state index in [0.717, 1.165) is 71.1 Å². The van der Waals surface area contributed by atoms with Gasteiger partial charge in [0.15, 0.2) is 0 Å². The monoisotopic (exact) mass is 466 g/mol. The molecule has 4 aliphatic heterocycles. The number of halogens is 3. The van der Waals surface area contributed by atoms with Gasteiger partial charge in [-0.15, -0.1) is 13.2 Å². The first kappa shape index (κ1) is 23.4. The maximum absolute atomic E-state index is 13.5. The van der Waals surface area contributed by atoms with Gasteiger partial charge in [-0.1, -0.05) is 24.3 Å². The maximum atomic E-state index is 13.5. The number of piperidine rings is 1. The van der Waals surface area contributed by atoms with E-state index in [2.05, 4.69) is 34.1 Å². The molecule has 0 radical (unpaired) electrons. The highest BCUT2D eigenvalue weighted by Gasteiger charge is 2.66. The molecule has 1 spiro atoms. The van der Waals surface area contributed by atoms with Gasteiger partial charge in [-0.3, -0.25) is 4.90 Å². The third-order valence-electron chi connectivity index (χ3n) is 8.65. The van der Waals surface area contributed by atoms with Crippen LogP contribution in [0.25, 0.3) is 0 Å². The molecule has 2 fully saturated rings. The molecule has 33 heavy (non-hydrogen) atoms. The molecule has 0 amide bonds. The lowest BCUT2D eigenvalue weighted by atomic mass is 9.57. The van der Waals surface area contributed by atoms with E-state index < -0.39 is 17.4 Å². The Hall–Kier alpha value is -1.31. The first-order valence-electron chi connectivity index (χ1n) is 12.8. The number of fused-ring (bicyclic) bond motifs is 2. The predicted octanol–water partition coefficient (Wildman–Crippen LogP) is 5.16. The standard InChI is InChI=1S/C26H37F3N2O2/c27-26(28,29)33-22-18-25(32)13-8-4-1-2-5-9-14-30-16-12-21(22)24(19-30)17-20-11-7-3-6-10-15-31(20)23(24)25/h1,4,7,11,18,20-21,23,32H,2-3,5-6,8-10,12-17,19H2/b4-1-,11-7-/t20-,21-,23+,24-,25-/m0/s1. The summed E-state index contributed by atoms with van der Waals surface area (Å²) in [6, 6.07) is -0.0355. The summed E-state index contributed by atoms with van der Waals surface area (Å²) in [4.78, 5) is 4.89. The highest BCUT2D eigenvalue weighted by molar-refractivity contribution is 5.32. The van der Waals surface area contributed by atoms with Gasteiger partial charge in [0.25, 0.3) is 0 Å². The molecule has 6 atom stereocenters. The minimum atomic E-state index is -4.75. The average molecular weight is 467 g/mol. The van der Waals surface area contributed by atoms with Crippen LogP contribution in [0.2, 0.25) is 0 Å². The van der Waals surface area contributed by atoms with Crippen molar-refractivity contribution < 1.29 is 23.0 Å². The van der Waals surface area contributed by atoms with Crippen molar-refractivity contribution in [3.63, 3.8) is 0 Å². The molecular weight excluding hydrogens is 429 g/mol. The summed E-state index contributed by atoms with van der Waals surface area (Å²) in [5.74, 6) is -0.359. The third kappa shape index (κ3) is 4.53. The average Bonchev–Trinajstić information content (AvgIpc) is 3.01. The molecule has 0 aromatic rings. The molecule has 4 heterocycles. The number of ether oxygens (including phenoxy) is 1. The Morgan fingerprint density at radius 1 is 0.970 bits per heavy atom. The molecular formula is C26H37F3N2O2. The molecule has 2 saturated heterocycles. The van der Waals surface area contributed by atoms with Crippen LogP contribution in [0.4, 0.5) is 13.2 Å². The first-order valence-corrected chi connectivity index (χ1v) is 12.8. The van der Waals surface area contributed by atoms with Gasteiger partial charge in [0.2, 0.25) is 0 Å². The molecule has 5 aliphatic rings. The molecule has 1 N–H and O–H groups in total. The summed E-state index contributed by atoms with van der Waals surface area (Å²) in [5, 5.41) is 12.2. The van der Waals surface area contributed by atoms with E-state index >= 15 is 0 Å². The second-order valence-electron chi connectivity index (χ2n) is 10.8. The van der Waals surface area contributed by atoms with Crippen LogP contribution >= 0.6 is 0 Å². The molecule has 5 rings (SSSR count). The molecule has 1 unspecified atom stereocenters. The second-order valence-corrected chi connectivity index (χ2v) is 10.8. The highest BCUT2D eigenvalue weighted by atomic mass is 19.4. The van der Waals surface area contributed by atoms with Crippen LogP contribution in [0.15, 0.2) is 36.1 Å². The van der Waals surface area contributed by atoms with Crippen molar-refractivity contribution >= 4 is 0 Å². The minimum Gasteiger partial charge on any atom is -0.410 e. The summed E-state index contributed by atoms with van der Waals surface area (Å²) < 4.78 is 45.3. The van der Waals surface area contributed by atoms with E-state index in [4.69, 9.17) is 4.74 Å². The van der Waals surface area contributed by atoms with Crippen LogP contribution in [0.3, 0.4) is 0 Å². The highest BCUT2D eigenvalue weighted by Crippen LogP contribution is 2.60. The van der Waals surface area contributed by atoms with E-state index in [9.17, 15) is 18.3 Å². The van der Waals surface area contributed by atoms with Crippen LogP contribution in [-0.2, 0) is 4.74 Å². The van der Waals surface area contributed by atoms with Crippen molar-refractivity contribution in [2.45, 2.75) is 88.3 Å². The zero-order valence-electron chi connectivity index (χ0n) is 19.4. The first-order chi connectivity index (χ1) is 15.8. The van der Waals surface area contributed by atoms with E-state index in [0.29, 0.717) is 19.3 Å². The fraction of sp³-hybridized carbons (Fsp3) is 0.769. The van der Waals surface area contributed by atoms with Gasteiger partial charge in [0.05, 0.1) is 6.04 Å². The quantitative estimate of drug-likeness (QED) is 0.542. The zero-order chi connectivity index (χ0) is 23.1. The van der Waals surface area contributed by atoms with E-state index in [1.54, 1.807) is 0 Å². The lowest BCUT2D eigenvalue weighted by Gasteiger charge is -2.57. The number of nitrogens with zero attached hydrogens (tertiary/aromatic N) is 2. The fourth-order valence-electron chi connectivity index (χ4n) is 7.53. The van der Waals surface area contributed by atoms with Crippen LogP contribution in [-0.4, -0.2) is 65.1 Å². The number of rotatable bonds is 1. The molecule has 184 valence electrons. The van der Waals surface area contributed by atoms with E-state index in [-0.39, 0.29) is 23.8 Å². The molecule has 0 saturated carbocycles. The van der Waals surface area contributed by atoms with Gasteiger partial charge in [-0.2, -0.15) is 0 Å². The van der Waals surface area contributed by atoms with Gasteiger partial charge in [-0.05, 0) is 89.9 Å². The Kier molecular flexibility index (Phi) is 6.42. The molecule has 7 heteroatoms. The maximum Gasteiger partial charge on any atom is 0.572 e. The number of allylic oxidation sites excluding steroid dienone is 4. The van der Waals surface area contributed by atoms with Gasteiger partial charge < -0.3 is 14.7 Å². The van der Waals surface area contributed by atoms with Crippen molar-refractivity contribution in [3.05, 3.63) is 36.1 Å². The summed E-state index contributed by atoms with van der Waals surface area (Å²) in [6.07, 6.45) is 14.4. The molecule has 0 aromatic carbocycles. The topological polar surface area (TPSA) is 35.9 Å². The number of alkyl halides is 3. The van der Waals surface area contributed by atoms with Crippen LogP contribution in [0, 0.1) is 11.3 Å². The lowest BCUT2D eigenvalue weighted by molar-refractivity contribution is -0.314. The molecule has 4 nitrogen and oxygen atoms in total. The smallest absolute Gasteiger partial charge is 0.410 e. The largest absolute Gasteiger partial charge is 0.572 e. The van der Waals surface area contributed by atoms with Gasteiger partial charge in [0, 0.05) is 23.9 Å². The molecule has 0 aromatic heterocycles. The summed E-state index contributed by atoms with van der Waals surface area (Å²) in [6.45, 7) is 3.37. The van der Waals surface area contributed by atoms with Crippen molar-refractivity contribution in [3.8, 4) is 0 Å². The zero-order valence-corrected chi connectivity index (χ0v) is 19.4. The van der Waals surface area contributed by atoms with Crippen molar-refractivity contribution in [2.24, 2.45) is 11.3 Å². The number of hydrogen-bond acceptors (Lipinski definition) is 4. The summed E-state index contributed by atoms with van der Waals surface area (Å²) in [7, 11) is 0. The van der Waals surface area contributed by atoms with E-state index in [1.165, 1.54) is 6.08 Å². The van der Waals surface area contributed by atoms with Crippen molar-refractivity contribution in [1.29, 1.82) is 0 Å². The van der Waals surface area contributed by atoms with Crippen LogP contribution in [0.5, 0.6) is 0 Å². The Balaban J connectivity index is 1.63. The van der Waals surface area contributed by atoms with Crippen LogP contribution in [0.1, 0.15) is 64.2 Å². The number of aliphatic hydroxyl groups is 1. The lowest BCUT2D eigenvalue weighted by Crippen LogP contribution is -2.66. The summed E-state index contributed by atoms with van der Waals surface area (Å²) >= 11 is 0. The van der Waals surface area contributed by atoms with Crippen molar-refractivity contribution in [1.82, 2.24) is 9.80 Å². The summed E-state index contributed by atoms with van der Waals surface area (Å²) in [5.41, 5.74) is -1.79. The molecule has 3 bridgehead atoms. The van der Waals surface area contributed by atoms with Gasteiger partial charge in [0.1, 0.15) is 11.4 Å². The van der Waals surface area contributed by atoms with Gasteiger partial charge >= 0.3 is 6.36 Å². The fourth-order valence-corrected chi connectivity index (χ4v) is 7.53. The normalized spacial score (nSPS) is 44.1. The van der Waals surface area contributed by atoms with Crippen molar-refractivity contribution in [2.75, 3.05) is 26.2 Å². The second kappa shape index (κ2) is 9.04. The molecule has 1 aliphatic carbocycles. The Labute approximate surface area is 195 Å². The Morgan fingerprint density at radius 2 is 1.73 bits per heavy atom. The Morgan fingerprint density at radius 3 is 2.55 bits per heavy atom. The minimum absolute atomic E-state index is 0.0424. The third-order valence-corrected chi connectivity index (χ3v) is 8.65. The Bertz CT molecular complexity index is 810. The predicted molar refractivity (Wildman–Crippen MR) is 121 cm³/mol. The van der Waals surface area contributed by atoms with Crippen LogP contribution < -0.4 is 0 Å².